The Morgan fingerprint density at radius 1 is 1.09 bits per heavy atom. The zero-order valence-corrected chi connectivity index (χ0v) is 14.1. The number of aromatic nitrogens is 4. The molecule has 1 aromatic rings. The van der Waals surface area contributed by atoms with Gasteiger partial charge in [0.15, 0.2) is 5.82 Å². The van der Waals surface area contributed by atoms with E-state index in [9.17, 15) is 0 Å². The summed E-state index contributed by atoms with van der Waals surface area (Å²) >= 11 is 0. The molecular weight excluding hydrogens is 276 g/mol. The van der Waals surface area contributed by atoms with E-state index in [4.69, 9.17) is 0 Å². The Hall–Kier alpha value is -1.01. The zero-order chi connectivity index (χ0) is 15.4. The van der Waals surface area contributed by atoms with Crippen molar-refractivity contribution in [2.45, 2.75) is 64.5 Å². The van der Waals surface area contributed by atoms with Gasteiger partial charge in [-0.3, -0.25) is 4.90 Å². The molecule has 1 aliphatic carbocycles. The van der Waals surface area contributed by atoms with Crippen molar-refractivity contribution in [2.75, 3.05) is 32.7 Å². The van der Waals surface area contributed by atoms with Crippen LogP contribution in [0, 0.1) is 0 Å². The topological polar surface area (TPSA) is 50.1 Å². The van der Waals surface area contributed by atoms with Crippen LogP contribution in [0.25, 0.3) is 0 Å². The van der Waals surface area contributed by atoms with Crippen LogP contribution >= 0.6 is 0 Å². The highest BCUT2D eigenvalue weighted by atomic mass is 15.6. The number of likely N-dealkylation sites (N-methyl/N-ethyl adjacent to an activating group) is 1. The van der Waals surface area contributed by atoms with Crippen molar-refractivity contribution in [3.8, 4) is 0 Å². The predicted octanol–water partition coefficient (Wildman–Crippen LogP) is 2.27. The SMILES string of the molecule is CCCC(c1nnnn1C1CCCC1)N1CCN(CC)CC1. The van der Waals surface area contributed by atoms with Crippen LogP contribution in [0.2, 0.25) is 0 Å². The van der Waals surface area contributed by atoms with Crippen LogP contribution in [0.1, 0.15) is 70.3 Å². The van der Waals surface area contributed by atoms with Gasteiger partial charge in [0.2, 0.25) is 0 Å². The minimum absolute atomic E-state index is 0.389. The van der Waals surface area contributed by atoms with Gasteiger partial charge < -0.3 is 4.90 Å². The first-order valence-electron chi connectivity index (χ1n) is 9.07. The molecule has 0 amide bonds. The smallest absolute Gasteiger partial charge is 0.168 e. The van der Waals surface area contributed by atoms with Crippen LogP contribution in [-0.2, 0) is 0 Å². The van der Waals surface area contributed by atoms with Gasteiger partial charge in [-0.05, 0) is 36.2 Å². The van der Waals surface area contributed by atoms with Gasteiger partial charge in [0, 0.05) is 26.2 Å². The van der Waals surface area contributed by atoms with E-state index in [0.29, 0.717) is 12.1 Å². The van der Waals surface area contributed by atoms with E-state index in [0.717, 1.165) is 31.9 Å². The number of piperazine rings is 1. The molecule has 2 heterocycles. The lowest BCUT2D eigenvalue weighted by Crippen LogP contribution is -2.47. The molecule has 1 saturated carbocycles. The molecule has 6 heteroatoms. The number of tetrazole rings is 1. The Balaban J connectivity index is 1.75. The van der Waals surface area contributed by atoms with Crippen LogP contribution in [0.4, 0.5) is 0 Å². The molecule has 1 atom stereocenters. The van der Waals surface area contributed by atoms with Crippen molar-refractivity contribution in [2.24, 2.45) is 0 Å². The molecule has 0 radical (unpaired) electrons. The standard InChI is InChI=1S/C16H30N6/c1-3-7-15(21-12-10-20(4-2)11-13-21)16-17-18-19-22(16)14-8-5-6-9-14/h14-15H,3-13H2,1-2H3. The van der Waals surface area contributed by atoms with E-state index in [-0.39, 0.29) is 0 Å². The lowest BCUT2D eigenvalue weighted by molar-refractivity contribution is 0.0878. The summed E-state index contributed by atoms with van der Waals surface area (Å²) in [5, 5.41) is 12.8. The Kier molecular flexibility index (Phi) is 5.41. The van der Waals surface area contributed by atoms with Crippen LogP contribution in [0.3, 0.4) is 0 Å². The first-order valence-corrected chi connectivity index (χ1v) is 9.07. The van der Waals surface area contributed by atoms with Crippen molar-refractivity contribution in [1.82, 2.24) is 30.0 Å². The summed E-state index contributed by atoms with van der Waals surface area (Å²) in [6.45, 7) is 10.3. The summed E-state index contributed by atoms with van der Waals surface area (Å²) in [4.78, 5) is 5.13. The molecule has 2 fully saturated rings. The van der Waals surface area contributed by atoms with Gasteiger partial charge >= 0.3 is 0 Å². The van der Waals surface area contributed by atoms with E-state index in [1.54, 1.807) is 0 Å². The van der Waals surface area contributed by atoms with Crippen molar-refractivity contribution < 1.29 is 0 Å². The molecule has 22 heavy (non-hydrogen) atoms. The third kappa shape index (κ3) is 3.33. The normalized spacial score (nSPS) is 23.2. The number of rotatable bonds is 6. The molecule has 0 aromatic carbocycles. The first kappa shape index (κ1) is 15.9. The molecule has 1 unspecified atom stereocenters. The number of hydrogen-bond donors (Lipinski definition) is 0. The Labute approximate surface area is 133 Å². The fourth-order valence-corrected chi connectivity index (χ4v) is 3.97. The summed E-state index contributed by atoms with van der Waals surface area (Å²) in [5.41, 5.74) is 0. The van der Waals surface area contributed by atoms with E-state index >= 15 is 0 Å². The maximum absolute atomic E-state index is 4.44. The number of hydrogen-bond acceptors (Lipinski definition) is 5. The van der Waals surface area contributed by atoms with Crippen molar-refractivity contribution in [3.05, 3.63) is 5.82 Å². The Morgan fingerprint density at radius 3 is 2.45 bits per heavy atom. The fourth-order valence-electron chi connectivity index (χ4n) is 3.97. The molecule has 3 rings (SSSR count). The summed E-state index contributed by atoms with van der Waals surface area (Å²) in [7, 11) is 0. The largest absolute Gasteiger partial charge is 0.301 e. The van der Waals surface area contributed by atoms with E-state index in [1.165, 1.54) is 45.2 Å². The molecule has 0 N–H and O–H groups in total. The zero-order valence-electron chi connectivity index (χ0n) is 14.1. The van der Waals surface area contributed by atoms with Gasteiger partial charge in [-0.2, -0.15) is 0 Å². The molecule has 1 saturated heterocycles. The van der Waals surface area contributed by atoms with Crippen molar-refractivity contribution in [3.63, 3.8) is 0 Å². The average molecular weight is 306 g/mol. The third-order valence-corrected chi connectivity index (χ3v) is 5.34. The van der Waals surface area contributed by atoms with Crippen LogP contribution in [-0.4, -0.2) is 62.7 Å². The number of nitrogens with zero attached hydrogens (tertiary/aromatic N) is 6. The highest BCUT2D eigenvalue weighted by molar-refractivity contribution is 4.97. The van der Waals surface area contributed by atoms with E-state index < -0.39 is 0 Å². The lowest BCUT2D eigenvalue weighted by atomic mass is 10.1. The average Bonchev–Trinajstić information content (AvgIpc) is 3.23. The summed E-state index contributed by atoms with van der Waals surface area (Å²) in [6.07, 6.45) is 7.44. The van der Waals surface area contributed by atoms with Gasteiger partial charge in [0.1, 0.15) is 0 Å². The quantitative estimate of drug-likeness (QED) is 0.807. The fraction of sp³-hybridized carbons (Fsp3) is 0.938. The second kappa shape index (κ2) is 7.51. The van der Waals surface area contributed by atoms with Crippen molar-refractivity contribution >= 4 is 0 Å². The first-order chi connectivity index (χ1) is 10.8. The molecule has 1 aromatic heterocycles. The second-order valence-corrected chi connectivity index (χ2v) is 6.69. The van der Waals surface area contributed by atoms with Crippen LogP contribution in [0.5, 0.6) is 0 Å². The summed E-state index contributed by atoms with van der Waals surface area (Å²) in [5.74, 6) is 1.11. The van der Waals surface area contributed by atoms with Gasteiger partial charge in [0.25, 0.3) is 0 Å². The van der Waals surface area contributed by atoms with Gasteiger partial charge in [-0.1, -0.05) is 33.1 Å². The highest BCUT2D eigenvalue weighted by Gasteiger charge is 2.30. The molecular formula is C16H30N6. The Morgan fingerprint density at radius 2 is 1.82 bits per heavy atom. The predicted molar refractivity (Wildman–Crippen MR) is 86.7 cm³/mol. The molecule has 0 spiro atoms. The molecule has 124 valence electrons. The van der Waals surface area contributed by atoms with Crippen molar-refractivity contribution in [1.29, 1.82) is 0 Å². The molecule has 0 bridgehead atoms. The summed E-state index contributed by atoms with van der Waals surface area (Å²) < 4.78 is 2.15. The van der Waals surface area contributed by atoms with Gasteiger partial charge in [0.05, 0.1) is 12.1 Å². The van der Waals surface area contributed by atoms with Gasteiger partial charge in [-0.15, -0.1) is 5.10 Å². The van der Waals surface area contributed by atoms with E-state index in [2.05, 4.69) is 43.9 Å². The molecule has 1 aliphatic heterocycles. The van der Waals surface area contributed by atoms with Gasteiger partial charge in [-0.25, -0.2) is 4.68 Å². The lowest BCUT2D eigenvalue weighted by Gasteiger charge is -2.38. The second-order valence-electron chi connectivity index (χ2n) is 6.69. The minimum atomic E-state index is 0.389. The molecule has 2 aliphatic rings. The maximum atomic E-state index is 4.44. The minimum Gasteiger partial charge on any atom is -0.301 e. The Bertz CT molecular complexity index is 445. The van der Waals surface area contributed by atoms with E-state index in [1.807, 2.05) is 0 Å². The van der Waals surface area contributed by atoms with Crippen LogP contribution < -0.4 is 0 Å². The monoisotopic (exact) mass is 306 g/mol. The summed E-state index contributed by atoms with van der Waals surface area (Å²) in [6, 6.07) is 0.917. The third-order valence-electron chi connectivity index (χ3n) is 5.34. The highest BCUT2D eigenvalue weighted by Crippen LogP contribution is 2.33. The maximum Gasteiger partial charge on any atom is 0.168 e. The molecule has 6 nitrogen and oxygen atoms in total. The van der Waals surface area contributed by atoms with Crippen LogP contribution in [0.15, 0.2) is 0 Å².